The summed E-state index contributed by atoms with van der Waals surface area (Å²) in [4.78, 5) is 0. The number of rotatable bonds is 1. The maximum atomic E-state index is 6.28. The van der Waals surface area contributed by atoms with Gasteiger partial charge in [-0.3, -0.25) is 7.05 Å². The van der Waals surface area contributed by atoms with Crippen LogP contribution >= 0.6 is 0 Å². The Bertz CT molecular complexity index is 9.61. The van der Waals surface area contributed by atoms with Gasteiger partial charge in [-0.25, -0.2) is 0 Å². The molecule has 3 heteroatoms. The maximum absolute atomic E-state index is 6.28. The molecule has 5 heavy (non-hydrogen) atoms. The first-order valence-electron chi connectivity index (χ1n) is 1.06. The van der Waals surface area contributed by atoms with Crippen LogP contribution in [0.1, 0.15) is 0 Å². The topological polar surface area (TPSA) is 35.8 Å². The molecule has 2 nitrogen and oxygen atoms in total. The zero-order valence-electron chi connectivity index (χ0n) is 2.99. The zero-order chi connectivity index (χ0) is 3.41. The Labute approximate surface area is 57.4 Å². The number of hydrogen-bond donors (Lipinski definition) is 1. The smallest absolute Gasteiger partial charge is 0 e. The van der Waals surface area contributed by atoms with Gasteiger partial charge in [0.15, 0.2) is 0 Å². The fourth-order valence-electron chi connectivity index (χ4n) is 0. The Morgan fingerprint density at radius 1 is 1.80 bits per heavy atom. The molecule has 0 aliphatic carbocycles. The third-order valence-electron chi connectivity index (χ3n) is 0.125. The van der Waals surface area contributed by atoms with Crippen molar-refractivity contribution < 1.29 is 32.7 Å². The molecule has 0 bridgehead atoms. The van der Waals surface area contributed by atoms with Crippen LogP contribution in [0, 0.1) is 7.05 Å². The molecule has 1 radical (unpaired) electrons. The van der Waals surface area contributed by atoms with Crippen LogP contribution < -0.4 is 5.32 Å². The predicted molar refractivity (Wildman–Crippen MR) is 17.7 cm³/mol. The molecular formula is C2H6N2Y-2. The summed E-state index contributed by atoms with van der Waals surface area (Å²) in [6.07, 6.45) is 0. The summed E-state index contributed by atoms with van der Waals surface area (Å²) in [7, 11) is 3.17. The van der Waals surface area contributed by atoms with Crippen molar-refractivity contribution in [2.75, 3.05) is 6.67 Å². The third kappa shape index (κ3) is 11.2. The van der Waals surface area contributed by atoms with E-state index in [4.69, 9.17) is 5.73 Å². The second-order valence-corrected chi connectivity index (χ2v) is 0.427. The molecule has 0 amide bonds. The predicted octanol–water partition coefficient (Wildman–Crippen LogP) is 0.375. The van der Waals surface area contributed by atoms with Crippen molar-refractivity contribution in [1.29, 1.82) is 0 Å². The standard InChI is InChI=1S/C2H6N2.Y/c1-4-2-3;/h3-4H,1-2H2;/q-2;. The van der Waals surface area contributed by atoms with Gasteiger partial charge in [0.2, 0.25) is 0 Å². The summed E-state index contributed by atoms with van der Waals surface area (Å²) < 4.78 is 0. The summed E-state index contributed by atoms with van der Waals surface area (Å²) in [6.45, 7) is 0.208. The summed E-state index contributed by atoms with van der Waals surface area (Å²) in [6, 6.07) is 0. The molecule has 0 aromatic heterocycles. The van der Waals surface area contributed by atoms with Gasteiger partial charge in [0, 0.05) is 32.7 Å². The van der Waals surface area contributed by atoms with Gasteiger partial charge in [-0.1, -0.05) is 0 Å². The van der Waals surface area contributed by atoms with Crippen LogP contribution in [-0.4, -0.2) is 6.67 Å². The van der Waals surface area contributed by atoms with Gasteiger partial charge in [-0.05, 0) is 0 Å². The van der Waals surface area contributed by atoms with Gasteiger partial charge in [-0.2, -0.15) is 0 Å². The average Bonchev–Trinajstić information content (AvgIpc) is 1.37. The minimum Gasteiger partial charge on any atom is -0.667 e. The minimum atomic E-state index is 0. The normalized spacial score (nSPS) is 6.00. The molecule has 29 valence electrons. The molecule has 0 atom stereocenters. The summed E-state index contributed by atoms with van der Waals surface area (Å²) in [5, 5.41) is 2.35. The van der Waals surface area contributed by atoms with Crippen molar-refractivity contribution in [2.24, 2.45) is 0 Å². The molecule has 0 rings (SSSR count). The average molecular weight is 147 g/mol. The van der Waals surface area contributed by atoms with Gasteiger partial charge in [0.25, 0.3) is 0 Å². The van der Waals surface area contributed by atoms with Crippen molar-refractivity contribution in [3.05, 3.63) is 12.8 Å². The first-order chi connectivity index (χ1) is 1.91. The number of hydrogen-bond acceptors (Lipinski definition) is 1. The third-order valence-corrected chi connectivity index (χ3v) is 0.125. The van der Waals surface area contributed by atoms with Gasteiger partial charge in [-0.15, -0.1) is 6.67 Å². The molecule has 2 N–H and O–H groups in total. The van der Waals surface area contributed by atoms with E-state index in [-0.39, 0.29) is 39.4 Å². The molecule has 0 aliphatic rings. The van der Waals surface area contributed by atoms with Crippen LogP contribution in [0.4, 0.5) is 0 Å². The zero-order valence-corrected chi connectivity index (χ0v) is 5.83. The minimum absolute atomic E-state index is 0. The van der Waals surface area contributed by atoms with Crippen LogP contribution in [0.5, 0.6) is 0 Å². The van der Waals surface area contributed by atoms with E-state index in [9.17, 15) is 0 Å². The summed E-state index contributed by atoms with van der Waals surface area (Å²) in [5.41, 5.74) is 6.28. The van der Waals surface area contributed by atoms with Crippen molar-refractivity contribution in [3.8, 4) is 0 Å². The van der Waals surface area contributed by atoms with Gasteiger partial charge in [0.05, 0.1) is 0 Å². The van der Waals surface area contributed by atoms with E-state index in [0.717, 1.165) is 0 Å². The molecule has 0 saturated heterocycles. The fourth-order valence-corrected chi connectivity index (χ4v) is 0. The Kier molecular flexibility index (Phi) is 16.7. The van der Waals surface area contributed by atoms with Crippen LogP contribution in [0.25, 0.3) is 5.73 Å². The van der Waals surface area contributed by atoms with Crippen LogP contribution in [0.3, 0.4) is 0 Å². The Hall–Kier alpha value is 1.02. The van der Waals surface area contributed by atoms with Crippen molar-refractivity contribution in [3.63, 3.8) is 0 Å². The van der Waals surface area contributed by atoms with E-state index < -0.39 is 0 Å². The first kappa shape index (κ1) is 9.39. The van der Waals surface area contributed by atoms with Gasteiger partial charge in [0.1, 0.15) is 0 Å². The van der Waals surface area contributed by atoms with Gasteiger partial charge < -0.3 is 11.1 Å². The van der Waals surface area contributed by atoms with Crippen molar-refractivity contribution in [2.45, 2.75) is 0 Å². The maximum Gasteiger partial charge on any atom is 0 e. The van der Waals surface area contributed by atoms with Crippen LogP contribution in [0.15, 0.2) is 0 Å². The molecule has 0 fully saturated rings. The Balaban J connectivity index is 0. The van der Waals surface area contributed by atoms with E-state index in [2.05, 4.69) is 12.4 Å². The molecule has 0 aromatic rings. The molecule has 0 aromatic carbocycles. The molecule has 0 heterocycles. The molecule has 0 unspecified atom stereocenters. The molecular weight excluding hydrogens is 141 g/mol. The van der Waals surface area contributed by atoms with Crippen LogP contribution in [0.2, 0.25) is 0 Å². The SMILES string of the molecule is [CH2-]NC[NH-].[Y]. The second kappa shape index (κ2) is 8.90. The van der Waals surface area contributed by atoms with Crippen molar-refractivity contribution in [1.82, 2.24) is 5.32 Å². The molecule has 0 saturated carbocycles. The summed E-state index contributed by atoms with van der Waals surface area (Å²) in [5.74, 6) is 0. The summed E-state index contributed by atoms with van der Waals surface area (Å²) >= 11 is 0. The first-order valence-corrected chi connectivity index (χ1v) is 1.06. The van der Waals surface area contributed by atoms with E-state index in [1.165, 1.54) is 0 Å². The Morgan fingerprint density at radius 3 is 2.00 bits per heavy atom. The van der Waals surface area contributed by atoms with E-state index in [1.54, 1.807) is 0 Å². The quantitative estimate of drug-likeness (QED) is 0.534. The van der Waals surface area contributed by atoms with E-state index >= 15 is 0 Å². The van der Waals surface area contributed by atoms with Gasteiger partial charge >= 0.3 is 0 Å². The monoisotopic (exact) mass is 147 g/mol. The van der Waals surface area contributed by atoms with E-state index in [1.807, 2.05) is 0 Å². The molecule has 0 spiro atoms. The second-order valence-electron chi connectivity index (χ2n) is 0.427. The Morgan fingerprint density at radius 2 is 2.00 bits per heavy atom. The van der Waals surface area contributed by atoms with Crippen molar-refractivity contribution >= 4 is 0 Å². The molecule has 0 aliphatic heterocycles. The van der Waals surface area contributed by atoms with Crippen LogP contribution in [-0.2, 0) is 32.7 Å². The van der Waals surface area contributed by atoms with E-state index in [0.29, 0.717) is 0 Å². The number of nitrogens with one attached hydrogen (secondary N) is 2. The fraction of sp³-hybridized carbons (Fsp3) is 0.500. The largest absolute Gasteiger partial charge is 0.667 e.